The quantitative estimate of drug-likeness (QED) is 0.626. The monoisotopic (exact) mass is 238 g/mol. The fourth-order valence-corrected chi connectivity index (χ4v) is 2.46. The molecule has 0 bridgehead atoms. The van der Waals surface area contributed by atoms with Crippen LogP contribution in [-0.2, 0) is 10.0 Å². The smallest absolute Gasteiger partial charge is 0.245 e. The molecule has 0 radical (unpaired) electrons. The largest absolute Gasteiger partial charge is 0.398 e. The van der Waals surface area contributed by atoms with Gasteiger partial charge in [-0.15, -0.1) is 6.42 Å². The van der Waals surface area contributed by atoms with Gasteiger partial charge in [0.25, 0.3) is 0 Å². The van der Waals surface area contributed by atoms with Crippen molar-refractivity contribution in [2.45, 2.75) is 11.8 Å². The molecule has 4 nitrogen and oxygen atoms in total. The third-order valence-corrected chi connectivity index (χ3v) is 4.04. The molecular weight excluding hydrogens is 224 g/mol. The molecule has 0 heterocycles. The molecule has 1 aromatic rings. The molecule has 0 unspecified atom stereocenters. The molecule has 0 aliphatic rings. The average Bonchev–Trinajstić information content (AvgIpc) is 2.17. The van der Waals surface area contributed by atoms with Crippen LogP contribution in [0.25, 0.3) is 0 Å². The van der Waals surface area contributed by atoms with Crippen LogP contribution in [-0.4, -0.2) is 26.3 Å². The summed E-state index contributed by atoms with van der Waals surface area (Å²) in [7, 11) is -2.16. The number of benzene rings is 1. The van der Waals surface area contributed by atoms with Gasteiger partial charge in [-0.1, -0.05) is 12.0 Å². The van der Waals surface area contributed by atoms with Crippen LogP contribution >= 0.6 is 0 Å². The van der Waals surface area contributed by atoms with Crippen molar-refractivity contribution in [3.05, 3.63) is 23.8 Å². The van der Waals surface area contributed by atoms with Crippen LogP contribution in [0.3, 0.4) is 0 Å². The van der Waals surface area contributed by atoms with E-state index in [1.165, 1.54) is 13.1 Å². The lowest BCUT2D eigenvalue weighted by molar-refractivity contribution is 0.503. The molecule has 16 heavy (non-hydrogen) atoms. The van der Waals surface area contributed by atoms with Gasteiger partial charge < -0.3 is 5.73 Å². The van der Waals surface area contributed by atoms with Gasteiger partial charge in [-0.3, -0.25) is 0 Å². The van der Waals surface area contributed by atoms with Crippen LogP contribution in [0.5, 0.6) is 0 Å². The lowest BCUT2D eigenvalue weighted by Crippen LogP contribution is -2.27. The first-order valence-electron chi connectivity index (χ1n) is 4.65. The van der Waals surface area contributed by atoms with E-state index in [1.54, 1.807) is 12.1 Å². The summed E-state index contributed by atoms with van der Waals surface area (Å²) in [4.78, 5) is 0.0934. The number of sulfonamides is 1. The van der Waals surface area contributed by atoms with E-state index < -0.39 is 10.0 Å². The first-order chi connectivity index (χ1) is 7.39. The molecule has 2 N–H and O–H groups in total. The molecule has 0 fully saturated rings. The van der Waals surface area contributed by atoms with E-state index in [9.17, 15) is 8.42 Å². The second-order valence-electron chi connectivity index (χ2n) is 3.51. The summed E-state index contributed by atoms with van der Waals surface area (Å²) >= 11 is 0. The van der Waals surface area contributed by atoms with Crippen molar-refractivity contribution in [2.75, 3.05) is 19.3 Å². The van der Waals surface area contributed by atoms with Gasteiger partial charge in [0, 0.05) is 7.05 Å². The molecule has 0 spiro atoms. The minimum Gasteiger partial charge on any atom is -0.398 e. The van der Waals surface area contributed by atoms with Crippen molar-refractivity contribution in [1.29, 1.82) is 0 Å². The van der Waals surface area contributed by atoms with Crippen LogP contribution in [0.15, 0.2) is 23.1 Å². The van der Waals surface area contributed by atoms with E-state index in [1.807, 2.05) is 6.92 Å². The highest BCUT2D eigenvalue weighted by Crippen LogP contribution is 2.22. The van der Waals surface area contributed by atoms with Crippen molar-refractivity contribution in [2.24, 2.45) is 0 Å². The summed E-state index contributed by atoms with van der Waals surface area (Å²) < 4.78 is 25.1. The lowest BCUT2D eigenvalue weighted by atomic mass is 10.2. The van der Waals surface area contributed by atoms with Crippen LogP contribution < -0.4 is 5.73 Å². The summed E-state index contributed by atoms with van der Waals surface area (Å²) in [6.07, 6.45) is 5.08. The van der Waals surface area contributed by atoms with E-state index in [-0.39, 0.29) is 17.1 Å². The summed E-state index contributed by atoms with van der Waals surface area (Å²) in [6.45, 7) is 1.87. The fraction of sp³-hybridized carbons (Fsp3) is 0.273. The third kappa shape index (κ3) is 2.35. The van der Waals surface area contributed by atoms with Gasteiger partial charge in [-0.05, 0) is 24.6 Å². The Hall–Kier alpha value is -1.51. The number of terminal acetylenes is 1. The molecule has 86 valence electrons. The number of nitrogens with two attached hydrogens (primary N) is 1. The first-order valence-corrected chi connectivity index (χ1v) is 6.09. The Bertz CT molecular complexity index is 529. The van der Waals surface area contributed by atoms with Gasteiger partial charge in [0.1, 0.15) is 4.90 Å². The van der Waals surface area contributed by atoms with E-state index in [0.29, 0.717) is 0 Å². The van der Waals surface area contributed by atoms with Crippen molar-refractivity contribution in [3.63, 3.8) is 0 Å². The van der Waals surface area contributed by atoms with E-state index in [0.717, 1.165) is 9.87 Å². The number of hydrogen-bond donors (Lipinski definition) is 1. The van der Waals surface area contributed by atoms with Gasteiger partial charge in [-0.2, -0.15) is 4.31 Å². The van der Waals surface area contributed by atoms with Crippen molar-refractivity contribution in [3.8, 4) is 12.3 Å². The SMILES string of the molecule is C#CCN(C)S(=O)(=O)c1ccc(C)cc1N. The summed E-state index contributed by atoms with van der Waals surface area (Å²) in [5, 5.41) is 0. The van der Waals surface area contributed by atoms with Gasteiger partial charge in [-0.25, -0.2) is 8.42 Å². The second kappa shape index (κ2) is 4.56. The topological polar surface area (TPSA) is 63.4 Å². The van der Waals surface area contributed by atoms with Crippen molar-refractivity contribution in [1.82, 2.24) is 4.31 Å². The van der Waals surface area contributed by atoms with Crippen LogP contribution in [0.1, 0.15) is 5.56 Å². The molecule has 0 aliphatic heterocycles. The van der Waals surface area contributed by atoms with E-state index in [4.69, 9.17) is 12.2 Å². The zero-order chi connectivity index (χ0) is 12.3. The minimum absolute atomic E-state index is 0.0235. The molecule has 0 saturated heterocycles. The highest BCUT2D eigenvalue weighted by atomic mass is 32.2. The first kappa shape index (κ1) is 12.6. The second-order valence-corrected chi connectivity index (χ2v) is 5.52. The van der Waals surface area contributed by atoms with Gasteiger partial charge in [0.15, 0.2) is 0 Å². The Kier molecular flexibility index (Phi) is 3.58. The highest BCUT2D eigenvalue weighted by Gasteiger charge is 2.22. The molecule has 0 amide bonds. The highest BCUT2D eigenvalue weighted by molar-refractivity contribution is 7.89. The Morgan fingerprint density at radius 1 is 1.50 bits per heavy atom. The number of anilines is 1. The molecule has 0 saturated carbocycles. The van der Waals surface area contributed by atoms with E-state index in [2.05, 4.69) is 5.92 Å². The van der Waals surface area contributed by atoms with Gasteiger partial charge in [0.2, 0.25) is 10.0 Å². The Balaban J connectivity index is 3.23. The van der Waals surface area contributed by atoms with Crippen LogP contribution in [0, 0.1) is 19.3 Å². The molecule has 0 aliphatic carbocycles. The molecular formula is C11H14N2O2S. The van der Waals surface area contributed by atoms with Gasteiger partial charge >= 0.3 is 0 Å². The Morgan fingerprint density at radius 3 is 2.62 bits per heavy atom. The summed E-state index contributed by atoms with van der Waals surface area (Å²) in [6, 6.07) is 4.82. The third-order valence-electron chi connectivity index (χ3n) is 2.17. The van der Waals surface area contributed by atoms with Gasteiger partial charge in [0.05, 0.1) is 12.2 Å². The standard InChI is InChI=1S/C11H14N2O2S/c1-4-7-13(3)16(14,15)11-6-5-9(2)8-10(11)12/h1,5-6,8H,7,12H2,2-3H3. The molecule has 5 heteroatoms. The zero-order valence-corrected chi connectivity index (χ0v) is 10.1. The average molecular weight is 238 g/mol. The molecule has 1 aromatic carbocycles. The number of hydrogen-bond acceptors (Lipinski definition) is 3. The lowest BCUT2D eigenvalue weighted by Gasteiger charge is -2.15. The van der Waals surface area contributed by atoms with E-state index >= 15 is 0 Å². The normalized spacial score (nSPS) is 11.4. The summed E-state index contributed by atoms with van der Waals surface area (Å²) in [5.41, 5.74) is 6.84. The maximum Gasteiger partial charge on any atom is 0.245 e. The molecule has 0 atom stereocenters. The fourth-order valence-electron chi connectivity index (χ4n) is 1.28. The predicted molar refractivity (Wildman–Crippen MR) is 64.2 cm³/mol. The molecule has 1 rings (SSSR count). The number of nitrogen functional groups attached to an aromatic ring is 1. The Morgan fingerprint density at radius 2 is 2.12 bits per heavy atom. The maximum absolute atomic E-state index is 12.0. The minimum atomic E-state index is -3.58. The number of nitrogens with zero attached hydrogens (tertiary/aromatic N) is 1. The van der Waals surface area contributed by atoms with Crippen molar-refractivity contribution < 1.29 is 8.42 Å². The maximum atomic E-state index is 12.0. The zero-order valence-electron chi connectivity index (χ0n) is 9.27. The Labute approximate surface area is 96.1 Å². The van der Waals surface area contributed by atoms with Crippen LogP contribution in [0.4, 0.5) is 5.69 Å². The number of aryl methyl sites for hydroxylation is 1. The van der Waals surface area contributed by atoms with Crippen molar-refractivity contribution >= 4 is 15.7 Å². The number of rotatable bonds is 3. The predicted octanol–water partition coefficient (Wildman–Crippen LogP) is 0.831. The van der Waals surface area contributed by atoms with Crippen LogP contribution in [0.2, 0.25) is 0 Å². The molecule has 0 aromatic heterocycles. The summed E-state index contributed by atoms with van der Waals surface area (Å²) in [5.74, 6) is 2.28.